The molecule has 0 aliphatic heterocycles. The van der Waals surface area contributed by atoms with Gasteiger partial charge in [-0.3, -0.25) is 4.52 Å². The van der Waals surface area contributed by atoms with Crippen molar-refractivity contribution in [2.24, 2.45) is 0 Å². The van der Waals surface area contributed by atoms with Crippen LogP contribution in [-0.4, -0.2) is 207 Å². The van der Waals surface area contributed by atoms with Crippen LogP contribution in [0.2, 0.25) is 0 Å². The number of aliphatic hydroxyl groups excluding tert-OH is 1. The molecule has 4 amide bonds. The van der Waals surface area contributed by atoms with E-state index in [0.717, 1.165) is 0 Å². The number of phosphoric ester groups is 1. The second-order valence-corrected chi connectivity index (χ2v) is 15.3. The number of hydrogen-bond acceptors (Lipinski definition) is 23. The van der Waals surface area contributed by atoms with Crippen LogP contribution in [0.3, 0.4) is 0 Å². The standard InChI is InChI=1S/C21H35N2O14P.C21H34N2O11/c1-15(2)18(24)33-11-9-31-7-5-22-20(26)35-13-17(37-38(28,29)30)14-36-21(27)23-6-8-32-10-12-34-19(25)16(3)4;1-15(2)18(25)31-11-9-29-7-5-22-20(27)33-13-17(24)14-34-21(28)23-6-8-30-10-12-32-19(26)16(3)4/h17H,1,3,5-14H2,2,4H3,(H,22,26)(H,23,27)(H2,28,29,30);17,24H,1,3,5-14H2,2,4H3,(H,22,27)(H,23,28). The number of rotatable bonds is 38. The number of ether oxygens (including phenoxy) is 12. The van der Waals surface area contributed by atoms with E-state index < -0.39 is 81.5 Å². The predicted molar refractivity (Wildman–Crippen MR) is 247 cm³/mol. The zero-order valence-corrected chi connectivity index (χ0v) is 41.8. The first-order valence-electron chi connectivity index (χ1n) is 21.6. The molecule has 0 saturated carbocycles. The van der Waals surface area contributed by atoms with E-state index in [-0.39, 0.29) is 130 Å². The van der Waals surface area contributed by atoms with E-state index in [4.69, 9.17) is 66.6 Å². The lowest BCUT2D eigenvalue weighted by atomic mass is 10.4. The average Bonchev–Trinajstić information content (AvgIpc) is 3.31. The summed E-state index contributed by atoms with van der Waals surface area (Å²) in [7, 11) is -4.99. The number of carbonyl (C=O) groups excluding carboxylic acids is 8. The maximum Gasteiger partial charge on any atom is 0.470 e. The smallest absolute Gasteiger partial charge is 0.460 e. The van der Waals surface area contributed by atoms with Crippen LogP contribution in [0, 0.1) is 0 Å². The van der Waals surface area contributed by atoms with Crippen molar-refractivity contribution in [2.75, 3.05) is 132 Å². The molecule has 0 aromatic heterocycles. The van der Waals surface area contributed by atoms with Crippen molar-refractivity contribution in [1.82, 2.24) is 21.3 Å². The van der Waals surface area contributed by atoms with Crippen molar-refractivity contribution in [3.63, 3.8) is 0 Å². The number of esters is 4. The maximum atomic E-state index is 11.7. The summed E-state index contributed by atoms with van der Waals surface area (Å²) >= 11 is 0. The number of hydrogen-bond donors (Lipinski definition) is 7. The largest absolute Gasteiger partial charge is 0.470 e. The molecule has 0 heterocycles. The van der Waals surface area contributed by atoms with Gasteiger partial charge in [-0.05, 0) is 27.7 Å². The molecule has 0 aromatic rings. The van der Waals surface area contributed by atoms with Gasteiger partial charge in [-0.25, -0.2) is 42.9 Å². The van der Waals surface area contributed by atoms with Crippen LogP contribution in [0.4, 0.5) is 19.2 Å². The van der Waals surface area contributed by atoms with Crippen LogP contribution in [-0.2, 0) is 85.1 Å². The number of aliphatic hydroxyl groups is 1. The number of carbonyl (C=O) groups is 8. The fraction of sp³-hybridized carbons (Fsp3) is 0.619. The van der Waals surface area contributed by atoms with Crippen LogP contribution in [0.1, 0.15) is 27.7 Å². The molecule has 0 aromatic carbocycles. The molecule has 0 aliphatic rings. The monoisotopic (exact) mass is 1060 g/mol. The van der Waals surface area contributed by atoms with E-state index in [1.54, 1.807) is 0 Å². The second kappa shape index (κ2) is 42.5. The quantitative estimate of drug-likeness (QED) is 0.0143. The second-order valence-electron chi connectivity index (χ2n) is 14.1. The Morgan fingerprint density at radius 1 is 0.403 bits per heavy atom. The van der Waals surface area contributed by atoms with Gasteiger partial charge in [-0.15, -0.1) is 0 Å². The van der Waals surface area contributed by atoms with E-state index in [0.29, 0.717) is 11.1 Å². The molecular formula is C42H69N4O25P. The number of nitrogens with one attached hydrogen (secondary N) is 4. The molecule has 0 bridgehead atoms. The fourth-order valence-corrected chi connectivity index (χ4v) is 4.32. The Bertz CT molecular complexity index is 1660. The SMILES string of the molecule is C=C(C)C(=O)OCCOCCNC(=O)OCC(COC(=O)NCCOCCOC(=O)C(=C)C)OP(=O)(O)O.C=C(C)C(=O)OCCOCCNC(=O)OCC(O)COC(=O)NCCOCCOC(=O)C(=C)C. The molecular weight excluding hydrogens is 991 g/mol. The Hall–Kier alpha value is -6.17. The van der Waals surface area contributed by atoms with E-state index >= 15 is 0 Å². The molecule has 7 N–H and O–H groups in total. The normalized spacial score (nSPS) is 10.6. The average molecular weight is 1060 g/mol. The van der Waals surface area contributed by atoms with Gasteiger partial charge in [0.2, 0.25) is 0 Å². The molecule has 29 nitrogen and oxygen atoms in total. The first-order chi connectivity index (χ1) is 33.9. The summed E-state index contributed by atoms with van der Waals surface area (Å²) in [6.45, 7) is 19.2. The first-order valence-corrected chi connectivity index (χ1v) is 23.1. The van der Waals surface area contributed by atoms with Gasteiger partial charge in [0.05, 0.1) is 52.9 Å². The molecule has 0 unspecified atom stereocenters. The molecule has 0 radical (unpaired) electrons. The van der Waals surface area contributed by atoms with Crippen molar-refractivity contribution < 1.29 is 119 Å². The molecule has 0 fully saturated rings. The van der Waals surface area contributed by atoms with Crippen LogP contribution in [0.5, 0.6) is 0 Å². The summed E-state index contributed by atoms with van der Waals surface area (Å²) < 4.78 is 74.7. The van der Waals surface area contributed by atoms with Crippen molar-refractivity contribution in [3.05, 3.63) is 48.6 Å². The van der Waals surface area contributed by atoms with Gasteiger partial charge in [-0.1, -0.05) is 26.3 Å². The van der Waals surface area contributed by atoms with Gasteiger partial charge >= 0.3 is 56.1 Å². The van der Waals surface area contributed by atoms with Gasteiger partial charge in [0.25, 0.3) is 0 Å². The Kier molecular flexibility index (Phi) is 40.1. The minimum Gasteiger partial charge on any atom is -0.460 e. The first kappa shape index (κ1) is 67.9. The molecule has 0 aliphatic carbocycles. The van der Waals surface area contributed by atoms with Gasteiger partial charge in [0, 0.05) is 48.5 Å². The summed E-state index contributed by atoms with van der Waals surface area (Å²) in [5.74, 6) is -2.10. The van der Waals surface area contributed by atoms with Crippen molar-refractivity contribution in [2.45, 2.75) is 39.9 Å². The Morgan fingerprint density at radius 2 is 0.639 bits per heavy atom. The molecule has 0 saturated heterocycles. The summed E-state index contributed by atoms with van der Waals surface area (Å²) in [6, 6.07) is 0. The highest BCUT2D eigenvalue weighted by atomic mass is 31.2. The minimum atomic E-state index is -4.99. The zero-order valence-electron chi connectivity index (χ0n) is 40.9. The highest BCUT2D eigenvalue weighted by Gasteiger charge is 2.25. The number of alkyl carbamates (subject to hydrolysis) is 4. The van der Waals surface area contributed by atoms with Gasteiger partial charge < -0.3 is 93.0 Å². The third-order valence-corrected chi connectivity index (χ3v) is 7.77. The summed E-state index contributed by atoms with van der Waals surface area (Å²) in [5, 5.41) is 19.1. The molecule has 0 rings (SSSR count). The molecule has 30 heteroatoms. The predicted octanol–water partition coefficient (Wildman–Crippen LogP) is 0.260. The van der Waals surface area contributed by atoms with Crippen LogP contribution in [0.15, 0.2) is 48.6 Å². The van der Waals surface area contributed by atoms with Crippen LogP contribution in [0.25, 0.3) is 0 Å². The highest BCUT2D eigenvalue weighted by molar-refractivity contribution is 7.46. The van der Waals surface area contributed by atoms with Gasteiger partial charge in [0.1, 0.15) is 65.1 Å². The fourth-order valence-electron chi connectivity index (χ4n) is 3.81. The van der Waals surface area contributed by atoms with Crippen LogP contribution < -0.4 is 21.3 Å². The molecule has 412 valence electrons. The third-order valence-electron chi connectivity index (χ3n) is 7.20. The van der Waals surface area contributed by atoms with Gasteiger partial charge in [0.15, 0.2) is 0 Å². The van der Waals surface area contributed by atoms with Gasteiger partial charge in [-0.2, -0.15) is 0 Å². The van der Waals surface area contributed by atoms with E-state index in [9.17, 15) is 48.0 Å². The minimum absolute atomic E-state index is 0.00506. The third kappa shape index (κ3) is 45.0. The highest BCUT2D eigenvalue weighted by Crippen LogP contribution is 2.37. The lowest BCUT2D eigenvalue weighted by molar-refractivity contribution is -0.141. The molecule has 0 atom stereocenters. The molecule has 72 heavy (non-hydrogen) atoms. The summed E-state index contributed by atoms with van der Waals surface area (Å²) in [5.41, 5.74) is 1.09. The molecule has 0 spiro atoms. The van der Waals surface area contributed by atoms with Crippen molar-refractivity contribution in [1.29, 1.82) is 0 Å². The summed E-state index contributed by atoms with van der Waals surface area (Å²) in [6.07, 6.45) is -6.14. The Labute approximate surface area is 416 Å². The lowest BCUT2D eigenvalue weighted by Gasteiger charge is -2.18. The lowest BCUT2D eigenvalue weighted by Crippen LogP contribution is -2.35. The topological polar surface area (TPSA) is 382 Å². The number of phosphoric acid groups is 1. The Balaban J connectivity index is 0. The van der Waals surface area contributed by atoms with E-state index in [2.05, 4.69) is 52.1 Å². The van der Waals surface area contributed by atoms with Crippen molar-refractivity contribution in [3.8, 4) is 0 Å². The van der Waals surface area contributed by atoms with E-state index in [1.165, 1.54) is 27.7 Å². The van der Waals surface area contributed by atoms with E-state index in [1.807, 2.05) is 0 Å². The maximum absolute atomic E-state index is 11.7. The number of amides is 4. The van der Waals surface area contributed by atoms with Crippen molar-refractivity contribution >= 4 is 56.1 Å². The summed E-state index contributed by atoms with van der Waals surface area (Å²) in [4.78, 5) is 109. The Morgan fingerprint density at radius 3 is 0.861 bits per heavy atom. The van der Waals surface area contributed by atoms with Crippen LogP contribution >= 0.6 is 7.82 Å². The zero-order chi connectivity index (χ0) is 54.7.